The van der Waals surface area contributed by atoms with Gasteiger partial charge in [-0.3, -0.25) is 9.59 Å². The van der Waals surface area contributed by atoms with Gasteiger partial charge >= 0.3 is 6.18 Å². The second-order valence-corrected chi connectivity index (χ2v) is 16.2. The van der Waals surface area contributed by atoms with Crippen LogP contribution >= 0.6 is 0 Å². The Kier molecular flexibility index (Phi) is 5.23. The molecule has 4 rings (SSSR count). The minimum atomic E-state index is -4.80. The van der Waals surface area contributed by atoms with Crippen LogP contribution in [0.5, 0.6) is 0 Å². The van der Waals surface area contributed by atoms with Crippen molar-refractivity contribution in [3.63, 3.8) is 0 Å². The van der Waals surface area contributed by atoms with Gasteiger partial charge < -0.3 is 9.16 Å². The van der Waals surface area contributed by atoms with Gasteiger partial charge in [-0.05, 0) is 50.2 Å². The Labute approximate surface area is 198 Å². The molecular weight excluding hydrogens is 465 g/mol. The quantitative estimate of drug-likeness (QED) is 0.435. The summed E-state index contributed by atoms with van der Waals surface area (Å²) in [5.41, 5.74) is -3.98. The van der Waals surface area contributed by atoms with Crippen molar-refractivity contribution in [2.24, 2.45) is 11.8 Å². The van der Waals surface area contributed by atoms with Crippen molar-refractivity contribution in [2.75, 3.05) is 4.90 Å². The Morgan fingerprint density at radius 2 is 1.74 bits per heavy atom. The molecule has 34 heavy (non-hydrogen) atoms. The molecule has 0 spiro atoms. The number of alkyl halides is 3. The molecule has 1 aromatic carbocycles. The Morgan fingerprint density at radius 3 is 2.26 bits per heavy atom. The zero-order chi connectivity index (χ0) is 25.6. The van der Waals surface area contributed by atoms with Gasteiger partial charge in [0.1, 0.15) is 5.60 Å². The number of ether oxygens (including phenoxy) is 1. The van der Waals surface area contributed by atoms with Gasteiger partial charge in [-0.25, -0.2) is 4.90 Å². The monoisotopic (exact) mass is 494 g/mol. The molecule has 10 heteroatoms. The highest BCUT2D eigenvalue weighted by Crippen LogP contribution is 2.62. The summed E-state index contributed by atoms with van der Waals surface area (Å²) in [6.45, 7) is 14.1. The van der Waals surface area contributed by atoms with E-state index in [1.807, 2.05) is 0 Å². The van der Waals surface area contributed by atoms with Crippen LogP contribution in [-0.4, -0.2) is 37.4 Å². The molecule has 0 aliphatic carbocycles. The number of benzene rings is 1. The Bertz CT molecular complexity index is 1120. The van der Waals surface area contributed by atoms with Gasteiger partial charge in [0.25, 0.3) is 0 Å². The highest BCUT2D eigenvalue weighted by atomic mass is 28.4. The van der Waals surface area contributed by atoms with Crippen LogP contribution < -0.4 is 4.90 Å². The van der Waals surface area contributed by atoms with E-state index in [0.717, 1.165) is 11.0 Å². The molecule has 2 amide bonds. The Balaban J connectivity index is 1.73. The van der Waals surface area contributed by atoms with Gasteiger partial charge in [-0.15, -0.1) is 0 Å². The zero-order valence-corrected chi connectivity index (χ0v) is 21.3. The third-order valence-corrected chi connectivity index (χ3v) is 12.7. The van der Waals surface area contributed by atoms with Crippen LogP contribution in [0.2, 0.25) is 18.1 Å². The lowest BCUT2D eigenvalue weighted by atomic mass is 9.67. The summed E-state index contributed by atoms with van der Waals surface area (Å²) in [6.07, 6.45) is -4.79. The van der Waals surface area contributed by atoms with Crippen LogP contribution in [0.15, 0.2) is 18.2 Å². The fourth-order valence-electron chi connectivity index (χ4n) is 5.45. The van der Waals surface area contributed by atoms with Crippen LogP contribution in [0, 0.1) is 23.2 Å². The van der Waals surface area contributed by atoms with Crippen molar-refractivity contribution < 1.29 is 31.9 Å². The first-order valence-corrected chi connectivity index (χ1v) is 14.2. The molecule has 0 radical (unpaired) electrons. The number of halogens is 3. The number of nitriles is 1. The molecule has 3 saturated heterocycles. The average Bonchev–Trinajstić information content (AvgIpc) is 3.20. The highest BCUT2D eigenvalue weighted by Gasteiger charge is 2.76. The number of nitrogens with zero attached hydrogens (tertiary/aromatic N) is 2. The maximum absolute atomic E-state index is 13.6. The summed E-state index contributed by atoms with van der Waals surface area (Å²) in [5.74, 6) is -2.85. The predicted molar refractivity (Wildman–Crippen MR) is 120 cm³/mol. The second-order valence-electron chi connectivity index (χ2n) is 11.5. The van der Waals surface area contributed by atoms with Gasteiger partial charge in [0, 0.05) is 6.42 Å². The minimum Gasteiger partial charge on any atom is -0.411 e. The molecule has 0 saturated carbocycles. The number of carbonyl (C=O) groups is 2. The summed E-state index contributed by atoms with van der Waals surface area (Å²) >= 11 is 0. The SMILES string of the molecule is CC12CC(O[Si](C)(C)C(C)(C)C)C(C)(O1)[C@H]1C(=O)N(c3ccc(C#N)c(C(F)(F)F)c3)C(=O)[C@H]12. The van der Waals surface area contributed by atoms with Crippen molar-refractivity contribution >= 4 is 25.8 Å². The summed E-state index contributed by atoms with van der Waals surface area (Å²) in [7, 11) is -2.24. The number of imide groups is 1. The first kappa shape index (κ1) is 24.9. The summed E-state index contributed by atoms with van der Waals surface area (Å²) in [6, 6.07) is 4.42. The number of amides is 2. The van der Waals surface area contributed by atoms with Crippen molar-refractivity contribution in [2.45, 2.75) is 82.7 Å². The van der Waals surface area contributed by atoms with E-state index in [1.165, 1.54) is 12.1 Å². The standard InChI is InChI=1S/C24H29F3N2O4Si/c1-21(2,3)34(6,7)32-16-11-22(4)17-18(23(16,5)33-22)20(31)29(19(17)30)14-9-8-13(12-28)15(10-14)24(25,26)27/h8-10,16-18H,11H2,1-7H3/t16?,17-,18+,22?,23?/m0/s1. The molecule has 184 valence electrons. The van der Waals surface area contributed by atoms with Crippen LogP contribution in [0.3, 0.4) is 0 Å². The highest BCUT2D eigenvalue weighted by molar-refractivity contribution is 6.74. The number of fused-ring (bicyclic) bond motifs is 5. The lowest BCUT2D eigenvalue weighted by Gasteiger charge is -2.44. The molecule has 3 aliphatic rings. The van der Waals surface area contributed by atoms with Crippen molar-refractivity contribution in [1.82, 2.24) is 0 Å². The molecular formula is C24H29F3N2O4Si. The van der Waals surface area contributed by atoms with Crippen molar-refractivity contribution in [3.05, 3.63) is 29.3 Å². The lowest BCUT2D eigenvalue weighted by Crippen LogP contribution is -2.55. The molecule has 3 unspecified atom stereocenters. The predicted octanol–water partition coefficient (Wildman–Crippen LogP) is 5.02. The van der Waals surface area contributed by atoms with E-state index in [1.54, 1.807) is 13.8 Å². The van der Waals surface area contributed by atoms with Crippen molar-refractivity contribution in [1.29, 1.82) is 5.26 Å². The van der Waals surface area contributed by atoms with Gasteiger partial charge in [0.2, 0.25) is 11.8 Å². The number of carbonyl (C=O) groups excluding carboxylic acids is 2. The van der Waals surface area contributed by atoms with E-state index in [-0.39, 0.29) is 10.7 Å². The molecule has 1 aromatic rings. The van der Waals surface area contributed by atoms with E-state index in [4.69, 9.17) is 14.4 Å². The van der Waals surface area contributed by atoms with Crippen LogP contribution in [-0.2, 0) is 24.9 Å². The largest absolute Gasteiger partial charge is 0.417 e. The molecule has 3 fully saturated rings. The van der Waals surface area contributed by atoms with E-state index in [2.05, 4.69) is 33.9 Å². The molecule has 0 aromatic heterocycles. The maximum atomic E-state index is 13.6. The molecule has 3 aliphatic heterocycles. The van der Waals surface area contributed by atoms with Gasteiger partial charge in [0.05, 0.1) is 46.4 Å². The third kappa shape index (κ3) is 3.35. The van der Waals surface area contributed by atoms with E-state index in [0.29, 0.717) is 12.5 Å². The van der Waals surface area contributed by atoms with Gasteiger partial charge in [-0.1, -0.05) is 20.8 Å². The normalized spacial score (nSPS) is 33.4. The number of hydrogen-bond donors (Lipinski definition) is 0. The van der Waals surface area contributed by atoms with Crippen molar-refractivity contribution in [3.8, 4) is 6.07 Å². The molecule has 2 bridgehead atoms. The summed E-state index contributed by atoms with van der Waals surface area (Å²) < 4.78 is 53.5. The van der Waals surface area contributed by atoms with Crippen LogP contribution in [0.1, 0.15) is 52.2 Å². The van der Waals surface area contributed by atoms with Crippen LogP contribution in [0.25, 0.3) is 0 Å². The molecule has 5 atom stereocenters. The minimum absolute atomic E-state index is 0.0798. The smallest absolute Gasteiger partial charge is 0.411 e. The summed E-state index contributed by atoms with van der Waals surface area (Å²) in [5, 5.41) is 8.99. The Hall–Kier alpha value is -2.22. The fraction of sp³-hybridized carbons (Fsp3) is 0.625. The average molecular weight is 495 g/mol. The van der Waals surface area contributed by atoms with Gasteiger partial charge in [-0.2, -0.15) is 18.4 Å². The first-order valence-electron chi connectivity index (χ1n) is 11.2. The summed E-state index contributed by atoms with van der Waals surface area (Å²) in [4.78, 5) is 27.9. The first-order chi connectivity index (χ1) is 15.4. The second kappa shape index (κ2) is 7.15. The fourth-order valence-corrected chi connectivity index (χ4v) is 6.83. The van der Waals surface area contributed by atoms with E-state index in [9.17, 15) is 22.8 Å². The number of hydrogen-bond acceptors (Lipinski definition) is 5. The lowest BCUT2D eigenvalue weighted by molar-refractivity contribution is -0.138. The zero-order valence-electron chi connectivity index (χ0n) is 20.3. The number of anilines is 1. The number of rotatable bonds is 3. The van der Waals surface area contributed by atoms with E-state index >= 15 is 0 Å². The molecule has 0 N–H and O–H groups in total. The van der Waals surface area contributed by atoms with Gasteiger partial charge in [0.15, 0.2) is 8.32 Å². The topological polar surface area (TPSA) is 79.6 Å². The van der Waals surface area contributed by atoms with E-state index < -0.39 is 66.6 Å². The third-order valence-electron chi connectivity index (χ3n) is 8.19. The Morgan fingerprint density at radius 1 is 1.15 bits per heavy atom. The van der Waals surface area contributed by atoms with Crippen LogP contribution in [0.4, 0.5) is 18.9 Å². The maximum Gasteiger partial charge on any atom is 0.417 e. The molecule has 6 nitrogen and oxygen atoms in total. The molecule has 3 heterocycles.